The molecule has 156 valence electrons. The van der Waals surface area contributed by atoms with E-state index in [2.05, 4.69) is 21.0 Å². The molecule has 2 aromatic rings. The minimum atomic E-state index is -3.69. The van der Waals surface area contributed by atoms with Crippen molar-refractivity contribution in [2.45, 2.75) is 37.2 Å². The summed E-state index contributed by atoms with van der Waals surface area (Å²) in [5.74, 6) is -0.199. The Morgan fingerprint density at radius 3 is 2.48 bits per heavy atom. The molecule has 0 aromatic heterocycles. The van der Waals surface area contributed by atoms with E-state index in [9.17, 15) is 13.2 Å². The van der Waals surface area contributed by atoms with E-state index >= 15 is 0 Å². The summed E-state index contributed by atoms with van der Waals surface area (Å²) in [6, 6.07) is 14.1. The third-order valence-electron chi connectivity index (χ3n) is 4.94. The van der Waals surface area contributed by atoms with Gasteiger partial charge in [-0.25, -0.2) is 13.1 Å². The van der Waals surface area contributed by atoms with Crippen LogP contribution < -0.4 is 10.0 Å². The fraction of sp³-hybridized carbons (Fsp3) is 0.381. The van der Waals surface area contributed by atoms with Gasteiger partial charge in [0.25, 0.3) is 0 Å². The molecule has 0 aliphatic carbocycles. The van der Waals surface area contributed by atoms with Crippen molar-refractivity contribution in [1.82, 2.24) is 14.9 Å². The summed E-state index contributed by atoms with van der Waals surface area (Å²) in [6.45, 7) is 3.59. The first-order chi connectivity index (χ1) is 13.9. The van der Waals surface area contributed by atoms with Crippen LogP contribution in [0, 0.1) is 0 Å². The Kier molecular flexibility index (Phi) is 7.66. The number of carbonyl (C=O) groups is 1. The average Bonchev–Trinajstić information content (AvgIpc) is 3.20. The molecule has 1 amide bonds. The van der Waals surface area contributed by atoms with Gasteiger partial charge >= 0.3 is 0 Å². The van der Waals surface area contributed by atoms with E-state index in [0.717, 1.165) is 25.2 Å². The lowest BCUT2D eigenvalue weighted by molar-refractivity contribution is -0.121. The number of carbonyl (C=O) groups excluding carboxylic acids is 1. The van der Waals surface area contributed by atoms with Crippen molar-refractivity contribution in [3.63, 3.8) is 0 Å². The second-order valence-electron chi connectivity index (χ2n) is 7.13. The van der Waals surface area contributed by atoms with Crippen molar-refractivity contribution in [2.75, 3.05) is 19.6 Å². The number of hydrogen-bond donors (Lipinski definition) is 2. The smallest absolute Gasteiger partial charge is 0.240 e. The summed E-state index contributed by atoms with van der Waals surface area (Å²) in [6.07, 6.45) is 2.54. The van der Waals surface area contributed by atoms with Gasteiger partial charge in [0.05, 0.1) is 4.90 Å². The van der Waals surface area contributed by atoms with Gasteiger partial charge in [0.1, 0.15) is 0 Å². The van der Waals surface area contributed by atoms with Gasteiger partial charge in [-0.15, -0.1) is 0 Å². The third kappa shape index (κ3) is 6.54. The molecule has 1 heterocycles. The van der Waals surface area contributed by atoms with Crippen LogP contribution in [-0.4, -0.2) is 38.9 Å². The summed E-state index contributed by atoms with van der Waals surface area (Å²) >= 11 is 5.84. The molecule has 2 N–H and O–H groups in total. The summed E-state index contributed by atoms with van der Waals surface area (Å²) in [7, 11) is -3.69. The van der Waals surface area contributed by atoms with E-state index < -0.39 is 10.0 Å². The van der Waals surface area contributed by atoms with E-state index in [1.807, 2.05) is 18.2 Å². The lowest BCUT2D eigenvalue weighted by Crippen LogP contribution is -2.31. The fourth-order valence-corrected chi connectivity index (χ4v) is 4.70. The standard InChI is InChI=1S/C21H26ClN3O3S/c22-19-8-5-9-20(14-19)29(27,28)24-11-10-21(26)23-15-17-6-1-2-7-18(17)16-25-12-3-4-13-25/h1-2,5-9,14,24H,3-4,10-13,15-16H2,(H,23,26). The quantitative estimate of drug-likeness (QED) is 0.634. The van der Waals surface area contributed by atoms with Gasteiger partial charge in [0.15, 0.2) is 0 Å². The van der Waals surface area contributed by atoms with E-state index in [-0.39, 0.29) is 23.8 Å². The van der Waals surface area contributed by atoms with E-state index in [4.69, 9.17) is 11.6 Å². The Hall–Kier alpha value is -1.93. The minimum Gasteiger partial charge on any atom is -0.352 e. The maximum atomic E-state index is 12.2. The summed E-state index contributed by atoms with van der Waals surface area (Å²) < 4.78 is 26.9. The minimum absolute atomic E-state index is 0.0239. The van der Waals surface area contributed by atoms with Gasteiger partial charge in [0, 0.05) is 31.1 Å². The zero-order chi connectivity index (χ0) is 20.7. The average molecular weight is 436 g/mol. The van der Waals surface area contributed by atoms with Crippen molar-refractivity contribution in [3.05, 3.63) is 64.7 Å². The molecular formula is C21H26ClN3O3S. The van der Waals surface area contributed by atoms with Crippen molar-refractivity contribution in [3.8, 4) is 0 Å². The Bertz CT molecular complexity index is 944. The van der Waals surface area contributed by atoms with Gasteiger partial charge in [-0.3, -0.25) is 9.69 Å². The second kappa shape index (κ2) is 10.2. The van der Waals surface area contributed by atoms with Crippen LogP contribution in [0.4, 0.5) is 0 Å². The monoisotopic (exact) mass is 435 g/mol. The van der Waals surface area contributed by atoms with Crippen molar-refractivity contribution in [1.29, 1.82) is 0 Å². The lowest BCUT2D eigenvalue weighted by Gasteiger charge is -2.17. The van der Waals surface area contributed by atoms with Gasteiger partial charge < -0.3 is 5.32 Å². The highest BCUT2D eigenvalue weighted by Gasteiger charge is 2.16. The van der Waals surface area contributed by atoms with Crippen LogP contribution in [0.5, 0.6) is 0 Å². The first-order valence-electron chi connectivity index (χ1n) is 9.75. The number of halogens is 1. The largest absolute Gasteiger partial charge is 0.352 e. The number of nitrogens with zero attached hydrogens (tertiary/aromatic N) is 1. The molecule has 8 heteroatoms. The number of nitrogens with one attached hydrogen (secondary N) is 2. The van der Waals surface area contributed by atoms with Crippen LogP contribution >= 0.6 is 11.6 Å². The molecule has 1 aliphatic heterocycles. The molecule has 0 radical (unpaired) electrons. The maximum absolute atomic E-state index is 12.2. The predicted octanol–water partition coefficient (Wildman–Crippen LogP) is 2.92. The highest BCUT2D eigenvalue weighted by molar-refractivity contribution is 7.89. The van der Waals surface area contributed by atoms with Gasteiger partial charge in [-0.05, 0) is 55.3 Å². The van der Waals surface area contributed by atoms with E-state index in [1.165, 1.54) is 30.5 Å². The topological polar surface area (TPSA) is 78.5 Å². The van der Waals surface area contributed by atoms with Crippen LogP contribution in [0.2, 0.25) is 5.02 Å². The molecule has 1 fully saturated rings. The molecule has 3 rings (SSSR count). The molecule has 29 heavy (non-hydrogen) atoms. The highest BCUT2D eigenvalue weighted by atomic mass is 35.5. The normalized spacial score (nSPS) is 14.8. The Labute approximate surface area is 177 Å². The molecule has 0 unspecified atom stereocenters. The molecule has 2 aromatic carbocycles. The van der Waals surface area contributed by atoms with Gasteiger partial charge in [-0.2, -0.15) is 0 Å². The summed E-state index contributed by atoms with van der Waals surface area (Å²) in [5.41, 5.74) is 2.31. The lowest BCUT2D eigenvalue weighted by atomic mass is 10.1. The molecule has 0 saturated carbocycles. The molecule has 0 bridgehead atoms. The van der Waals surface area contributed by atoms with Crippen molar-refractivity contribution >= 4 is 27.5 Å². The predicted molar refractivity (Wildman–Crippen MR) is 114 cm³/mol. The number of sulfonamides is 1. The molecule has 6 nitrogen and oxygen atoms in total. The molecule has 1 aliphatic rings. The van der Waals surface area contributed by atoms with Crippen LogP contribution in [0.3, 0.4) is 0 Å². The fourth-order valence-electron chi connectivity index (χ4n) is 3.36. The van der Waals surface area contributed by atoms with Crippen LogP contribution in [0.1, 0.15) is 30.4 Å². The zero-order valence-electron chi connectivity index (χ0n) is 16.2. The maximum Gasteiger partial charge on any atom is 0.240 e. The van der Waals surface area contributed by atoms with Crippen molar-refractivity contribution in [2.24, 2.45) is 0 Å². The Morgan fingerprint density at radius 2 is 1.76 bits per heavy atom. The number of likely N-dealkylation sites (tertiary alicyclic amines) is 1. The summed E-state index contributed by atoms with van der Waals surface area (Å²) in [5, 5.41) is 3.23. The Morgan fingerprint density at radius 1 is 1.03 bits per heavy atom. The molecule has 0 atom stereocenters. The molecular weight excluding hydrogens is 410 g/mol. The van der Waals surface area contributed by atoms with Crippen LogP contribution in [-0.2, 0) is 27.9 Å². The SMILES string of the molecule is O=C(CCNS(=O)(=O)c1cccc(Cl)c1)NCc1ccccc1CN1CCCC1. The highest BCUT2D eigenvalue weighted by Crippen LogP contribution is 2.17. The molecule has 1 saturated heterocycles. The first-order valence-corrected chi connectivity index (χ1v) is 11.6. The Balaban J connectivity index is 1.47. The zero-order valence-corrected chi connectivity index (χ0v) is 17.8. The number of hydrogen-bond acceptors (Lipinski definition) is 4. The van der Waals surface area contributed by atoms with E-state index in [1.54, 1.807) is 12.1 Å². The molecule has 0 spiro atoms. The third-order valence-corrected chi connectivity index (χ3v) is 6.63. The van der Waals surface area contributed by atoms with Crippen molar-refractivity contribution < 1.29 is 13.2 Å². The first kappa shape index (κ1) is 21.8. The number of amides is 1. The second-order valence-corrected chi connectivity index (χ2v) is 9.34. The van der Waals surface area contributed by atoms with Gasteiger partial charge in [-0.1, -0.05) is 41.9 Å². The number of benzene rings is 2. The van der Waals surface area contributed by atoms with Gasteiger partial charge in [0.2, 0.25) is 15.9 Å². The number of rotatable bonds is 9. The van der Waals surface area contributed by atoms with Crippen LogP contribution in [0.15, 0.2) is 53.4 Å². The van der Waals surface area contributed by atoms with E-state index in [0.29, 0.717) is 11.6 Å². The van der Waals surface area contributed by atoms with Crippen LogP contribution in [0.25, 0.3) is 0 Å². The summed E-state index contributed by atoms with van der Waals surface area (Å²) in [4.78, 5) is 14.7.